The van der Waals surface area contributed by atoms with Gasteiger partial charge in [-0.05, 0) is 34.0 Å². The molecule has 2 rings (SSSR count). The number of halogens is 1. The summed E-state index contributed by atoms with van der Waals surface area (Å²) in [6, 6.07) is 1.79. The maximum atomic E-state index is 11.9. The van der Waals surface area contributed by atoms with Gasteiger partial charge < -0.3 is 0 Å². The van der Waals surface area contributed by atoms with Crippen LogP contribution in [0.1, 0.15) is 22.3 Å². The Morgan fingerprint density at radius 3 is 2.88 bits per heavy atom. The SMILES string of the molecule is Cn1cc(CCC(=O)c2cncc(Br)c2)cn1. The Labute approximate surface area is 108 Å². The van der Waals surface area contributed by atoms with Crippen LogP contribution >= 0.6 is 15.9 Å². The first-order valence-corrected chi connectivity index (χ1v) is 6.06. The highest BCUT2D eigenvalue weighted by molar-refractivity contribution is 9.10. The molecule has 0 N–H and O–H groups in total. The number of carbonyl (C=O) groups is 1. The van der Waals surface area contributed by atoms with Gasteiger partial charge in [-0.3, -0.25) is 14.5 Å². The number of ketones is 1. The van der Waals surface area contributed by atoms with Crippen molar-refractivity contribution < 1.29 is 4.79 Å². The zero-order valence-electron chi connectivity index (χ0n) is 9.43. The summed E-state index contributed by atoms with van der Waals surface area (Å²) in [5, 5.41) is 4.07. The minimum absolute atomic E-state index is 0.0997. The molecule has 0 spiro atoms. The van der Waals surface area contributed by atoms with Crippen LogP contribution in [0.25, 0.3) is 0 Å². The van der Waals surface area contributed by atoms with Crippen LogP contribution in [-0.4, -0.2) is 20.5 Å². The summed E-state index contributed by atoms with van der Waals surface area (Å²) in [5.74, 6) is 0.0997. The largest absolute Gasteiger partial charge is 0.294 e. The first kappa shape index (κ1) is 12.0. The van der Waals surface area contributed by atoms with Gasteiger partial charge in [0.05, 0.1) is 6.20 Å². The van der Waals surface area contributed by atoms with Gasteiger partial charge in [0, 0.05) is 42.1 Å². The van der Waals surface area contributed by atoms with E-state index in [1.807, 2.05) is 13.2 Å². The Morgan fingerprint density at radius 2 is 2.24 bits per heavy atom. The second-order valence-electron chi connectivity index (χ2n) is 3.84. The van der Waals surface area contributed by atoms with Crippen LogP contribution < -0.4 is 0 Å². The van der Waals surface area contributed by atoms with Gasteiger partial charge in [0.15, 0.2) is 5.78 Å². The van der Waals surface area contributed by atoms with Gasteiger partial charge in [-0.2, -0.15) is 5.10 Å². The maximum absolute atomic E-state index is 11.9. The molecule has 0 aromatic carbocycles. The third kappa shape index (κ3) is 3.23. The van der Waals surface area contributed by atoms with E-state index >= 15 is 0 Å². The van der Waals surface area contributed by atoms with E-state index in [1.54, 1.807) is 29.3 Å². The molecule has 0 amide bonds. The van der Waals surface area contributed by atoms with Gasteiger partial charge in [0.2, 0.25) is 0 Å². The van der Waals surface area contributed by atoms with Gasteiger partial charge in [0.1, 0.15) is 0 Å². The predicted molar refractivity (Wildman–Crippen MR) is 67.8 cm³/mol. The van der Waals surface area contributed by atoms with Crippen LogP contribution in [0, 0.1) is 0 Å². The van der Waals surface area contributed by atoms with Gasteiger partial charge in [0.25, 0.3) is 0 Å². The van der Waals surface area contributed by atoms with Crippen molar-refractivity contribution in [2.45, 2.75) is 12.8 Å². The van der Waals surface area contributed by atoms with Gasteiger partial charge in [-0.25, -0.2) is 0 Å². The fourth-order valence-corrected chi connectivity index (χ4v) is 1.93. The molecule has 0 saturated carbocycles. The lowest BCUT2D eigenvalue weighted by atomic mass is 10.1. The van der Waals surface area contributed by atoms with E-state index in [-0.39, 0.29) is 5.78 Å². The molecular weight excluding hydrogens is 282 g/mol. The normalized spacial score (nSPS) is 10.5. The van der Waals surface area contributed by atoms with Gasteiger partial charge >= 0.3 is 0 Å². The number of hydrogen-bond acceptors (Lipinski definition) is 3. The summed E-state index contributed by atoms with van der Waals surface area (Å²) in [5.41, 5.74) is 1.71. The number of nitrogens with zero attached hydrogens (tertiary/aromatic N) is 3. The molecule has 0 aliphatic carbocycles. The summed E-state index contributed by atoms with van der Waals surface area (Å²) >= 11 is 3.30. The molecule has 88 valence electrons. The van der Waals surface area contributed by atoms with E-state index in [0.29, 0.717) is 18.4 Å². The summed E-state index contributed by atoms with van der Waals surface area (Å²) in [4.78, 5) is 15.9. The predicted octanol–water partition coefficient (Wildman–Crippen LogP) is 2.39. The molecule has 0 atom stereocenters. The van der Waals surface area contributed by atoms with Crippen LogP contribution in [0.15, 0.2) is 35.3 Å². The topological polar surface area (TPSA) is 47.8 Å². The summed E-state index contributed by atoms with van der Waals surface area (Å²) in [7, 11) is 1.86. The first-order valence-electron chi connectivity index (χ1n) is 5.26. The highest BCUT2D eigenvalue weighted by atomic mass is 79.9. The van der Waals surface area contributed by atoms with E-state index in [9.17, 15) is 4.79 Å². The quantitative estimate of drug-likeness (QED) is 0.813. The highest BCUT2D eigenvalue weighted by Crippen LogP contribution is 2.12. The lowest BCUT2D eigenvalue weighted by Gasteiger charge is -1.99. The molecule has 17 heavy (non-hydrogen) atoms. The third-order valence-electron chi connectivity index (χ3n) is 2.43. The Bertz CT molecular complexity index is 536. The first-order chi connectivity index (χ1) is 8.15. The van der Waals surface area contributed by atoms with Gasteiger partial charge in [-0.1, -0.05) is 0 Å². The van der Waals surface area contributed by atoms with E-state index < -0.39 is 0 Å². The van der Waals surface area contributed by atoms with Gasteiger partial charge in [-0.15, -0.1) is 0 Å². The molecule has 0 bridgehead atoms. The van der Waals surface area contributed by atoms with Crippen molar-refractivity contribution in [3.05, 3.63) is 46.5 Å². The molecule has 2 aromatic heterocycles. The van der Waals surface area contributed by atoms with Crippen molar-refractivity contribution in [1.82, 2.24) is 14.8 Å². The maximum Gasteiger partial charge on any atom is 0.164 e. The molecule has 4 nitrogen and oxygen atoms in total. The smallest absolute Gasteiger partial charge is 0.164 e. The van der Waals surface area contributed by atoms with Crippen LogP contribution in [0.2, 0.25) is 0 Å². The molecule has 5 heteroatoms. The fraction of sp³-hybridized carbons (Fsp3) is 0.250. The van der Waals surface area contributed by atoms with E-state index in [1.165, 1.54) is 0 Å². The average Bonchev–Trinajstić information content (AvgIpc) is 2.72. The fourth-order valence-electron chi connectivity index (χ4n) is 1.57. The third-order valence-corrected chi connectivity index (χ3v) is 2.86. The highest BCUT2D eigenvalue weighted by Gasteiger charge is 2.07. The Hall–Kier alpha value is -1.49. The number of Topliss-reactive ketones (excluding diaryl/α,β-unsaturated/α-hetero) is 1. The zero-order chi connectivity index (χ0) is 12.3. The van der Waals surface area contributed by atoms with E-state index in [4.69, 9.17) is 0 Å². The Morgan fingerprint density at radius 1 is 1.41 bits per heavy atom. The number of aromatic nitrogens is 3. The molecule has 2 heterocycles. The van der Waals surface area contributed by atoms with E-state index in [2.05, 4.69) is 26.0 Å². The molecule has 0 aliphatic heterocycles. The second kappa shape index (κ2) is 5.23. The lowest BCUT2D eigenvalue weighted by Crippen LogP contribution is -2.01. The van der Waals surface area contributed by atoms with Crippen molar-refractivity contribution in [2.24, 2.45) is 7.05 Å². The molecule has 0 saturated heterocycles. The van der Waals surface area contributed by atoms with Crippen LogP contribution in [0.5, 0.6) is 0 Å². The molecular formula is C12H12BrN3O. The van der Waals surface area contributed by atoms with Crippen LogP contribution in [-0.2, 0) is 13.5 Å². The second-order valence-corrected chi connectivity index (χ2v) is 4.75. The van der Waals surface area contributed by atoms with Crippen molar-refractivity contribution in [3.8, 4) is 0 Å². The van der Waals surface area contributed by atoms with Crippen molar-refractivity contribution in [3.63, 3.8) is 0 Å². The van der Waals surface area contributed by atoms with E-state index in [0.717, 1.165) is 10.0 Å². The van der Waals surface area contributed by atoms with Crippen molar-refractivity contribution >= 4 is 21.7 Å². The van der Waals surface area contributed by atoms with Crippen LogP contribution in [0.4, 0.5) is 0 Å². The Kier molecular flexibility index (Phi) is 3.68. The standard InChI is InChI=1S/C12H12BrN3O/c1-16-8-9(5-15-16)2-3-12(17)10-4-11(13)7-14-6-10/h4-8H,2-3H2,1H3. The number of hydrogen-bond donors (Lipinski definition) is 0. The van der Waals surface area contributed by atoms with Crippen molar-refractivity contribution in [2.75, 3.05) is 0 Å². The van der Waals surface area contributed by atoms with Crippen molar-refractivity contribution in [1.29, 1.82) is 0 Å². The number of carbonyl (C=O) groups excluding carboxylic acids is 1. The average molecular weight is 294 g/mol. The molecule has 0 radical (unpaired) electrons. The monoisotopic (exact) mass is 293 g/mol. The summed E-state index contributed by atoms with van der Waals surface area (Å²) < 4.78 is 2.56. The molecule has 0 unspecified atom stereocenters. The molecule has 0 aliphatic rings. The minimum atomic E-state index is 0.0997. The Balaban J connectivity index is 1.98. The number of rotatable bonds is 4. The zero-order valence-corrected chi connectivity index (χ0v) is 11.0. The van der Waals surface area contributed by atoms with Crippen LogP contribution in [0.3, 0.4) is 0 Å². The molecule has 0 fully saturated rings. The molecule has 2 aromatic rings. The minimum Gasteiger partial charge on any atom is -0.294 e. The lowest BCUT2D eigenvalue weighted by molar-refractivity contribution is 0.0982. The number of aryl methyl sites for hydroxylation is 2. The summed E-state index contributed by atoms with van der Waals surface area (Å²) in [6.45, 7) is 0. The summed E-state index contributed by atoms with van der Waals surface area (Å²) in [6.07, 6.45) is 8.15. The number of pyridine rings is 1.